The Kier molecular flexibility index (Phi) is 2.87. The summed E-state index contributed by atoms with van der Waals surface area (Å²) in [4.78, 5) is 14.5. The van der Waals surface area contributed by atoms with E-state index in [4.69, 9.17) is 12.2 Å². The molecule has 1 rings (SSSR count). The van der Waals surface area contributed by atoms with Crippen LogP contribution in [0.15, 0.2) is 18.3 Å². The van der Waals surface area contributed by atoms with Crippen molar-refractivity contribution in [3.63, 3.8) is 0 Å². The second kappa shape index (κ2) is 4.12. The summed E-state index contributed by atoms with van der Waals surface area (Å²) in [5, 5.41) is 2.51. The number of hydrogen-bond donors (Lipinski definition) is 2. The number of pyridine rings is 1. The number of nitrogens with one attached hydrogen (secondary N) is 1. The molecule has 0 aliphatic rings. The molecule has 1 amide bonds. The van der Waals surface area contributed by atoms with Crippen LogP contribution in [0, 0.1) is 12.3 Å². The highest BCUT2D eigenvalue weighted by Crippen LogP contribution is 1.99. The van der Waals surface area contributed by atoms with E-state index in [0.29, 0.717) is 12.4 Å². The molecule has 0 radical (unpaired) electrons. The monoisotopic (exact) mass is 175 g/mol. The first-order valence-corrected chi connectivity index (χ1v) is 3.67. The highest BCUT2D eigenvalue weighted by Gasteiger charge is 1.96. The third-order valence-electron chi connectivity index (χ3n) is 1.43. The van der Waals surface area contributed by atoms with Crippen LogP contribution in [0.4, 0.5) is 5.82 Å². The second-order valence-corrected chi connectivity index (χ2v) is 2.42. The number of carbonyl (C=O) groups is 1. The number of amides is 1. The minimum atomic E-state index is -0.433. The number of carbonyl (C=O) groups excluding carboxylic acids is 1. The number of terminal acetylenes is 1. The van der Waals surface area contributed by atoms with Gasteiger partial charge in [-0.2, -0.15) is 0 Å². The maximum atomic E-state index is 10.7. The van der Waals surface area contributed by atoms with E-state index in [-0.39, 0.29) is 0 Å². The average molecular weight is 175 g/mol. The quantitative estimate of drug-likeness (QED) is 0.617. The molecule has 0 atom stereocenters. The summed E-state index contributed by atoms with van der Waals surface area (Å²) < 4.78 is 0. The van der Waals surface area contributed by atoms with Crippen LogP contribution in [0.2, 0.25) is 0 Å². The standard InChI is InChI=1S/C9H9N3O/c1-2-9(13)12-6-7-3-4-8(10)11-5-7/h1,3-5H,6H2,(H2,10,11)(H,12,13). The molecule has 1 aromatic heterocycles. The van der Waals surface area contributed by atoms with Crippen molar-refractivity contribution >= 4 is 11.7 Å². The van der Waals surface area contributed by atoms with Crippen molar-refractivity contribution in [3.8, 4) is 12.3 Å². The summed E-state index contributed by atoms with van der Waals surface area (Å²) in [6.45, 7) is 0.371. The van der Waals surface area contributed by atoms with Crippen LogP contribution in [0.1, 0.15) is 5.56 Å². The Balaban J connectivity index is 2.52. The van der Waals surface area contributed by atoms with E-state index in [2.05, 4.69) is 10.3 Å². The van der Waals surface area contributed by atoms with Gasteiger partial charge < -0.3 is 11.1 Å². The van der Waals surface area contributed by atoms with Gasteiger partial charge in [0, 0.05) is 12.7 Å². The summed E-state index contributed by atoms with van der Waals surface area (Å²) in [6, 6.07) is 3.44. The molecule has 0 aliphatic heterocycles. The average Bonchev–Trinajstić information content (AvgIpc) is 2.16. The number of nitrogens with zero attached hydrogens (tertiary/aromatic N) is 1. The Hall–Kier alpha value is -2.02. The molecule has 0 spiro atoms. The Morgan fingerprint density at radius 2 is 2.46 bits per heavy atom. The Morgan fingerprint density at radius 1 is 1.69 bits per heavy atom. The molecule has 0 bridgehead atoms. The topological polar surface area (TPSA) is 68.0 Å². The van der Waals surface area contributed by atoms with E-state index in [1.807, 2.05) is 5.92 Å². The summed E-state index contributed by atoms with van der Waals surface area (Å²) in [5.41, 5.74) is 6.24. The first kappa shape index (κ1) is 9.07. The summed E-state index contributed by atoms with van der Waals surface area (Å²) >= 11 is 0. The number of anilines is 1. The van der Waals surface area contributed by atoms with E-state index in [1.54, 1.807) is 18.3 Å². The SMILES string of the molecule is C#CC(=O)NCc1ccc(N)nc1. The van der Waals surface area contributed by atoms with E-state index in [1.165, 1.54) is 0 Å². The molecule has 4 nitrogen and oxygen atoms in total. The molecule has 1 aromatic rings. The first-order valence-electron chi connectivity index (χ1n) is 3.67. The van der Waals surface area contributed by atoms with E-state index in [9.17, 15) is 4.79 Å². The van der Waals surface area contributed by atoms with Crippen LogP contribution in [0.3, 0.4) is 0 Å². The van der Waals surface area contributed by atoms with Gasteiger partial charge in [-0.25, -0.2) is 4.98 Å². The largest absolute Gasteiger partial charge is 0.384 e. The van der Waals surface area contributed by atoms with Crippen LogP contribution in [-0.2, 0) is 11.3 Å². The van der Waals surface area contributed by atoms with Gasteiger partial charge in [0.05, 0.1) is 0 Å². The zero-order chi connectivity index (χ0) is 9.68. The number of aromatic nitrogens is 1. The Bertz CT molecular complexity index is 337. The molecular formula is C9H9N3O. The predicted octanol–water partition coefficient (Wildman–Crippen LogP) is -0.0868. The van der Waals surface area contributed by atoms with Crippen LogP contribution < -0.4 is 11.1 Å². The molecular weight excluding hydrogens is 166 g/mol. The summed E-state index contributed by atoms with van der Waals surface area (Å²) in [7, 11) is 0. The highest BCUT2D eigenvalue weighted by atomic mass is 16.1. The molecule has 0 saturated carbocycles. The van der Waals surface area contributed by atoms with Gasteiger partial charge in [-0.1, -0.05) is 6.07 Å². The molecule has 13 heavy (non-hydrogen) atoms. The zero-order valence-corrected chi connectivity index (χ0v) is 6.95. The molecule has 0 fully saturated rings. The molecule has 66 valence electrons. The fourth-order valence-corrected chi connectivity index (χ4v) is 0.774. The van der Waals surface area contributed by atoms with E-state index >= 15 is 0 Å². The predicted molar refractivity (Wildman–Crippen MR) is 49.3 cm³/mol. The van der Waals surface area contributed by atoms with Crippen molar-refractivity contribution < 1.29 is 4.79 Å². The van der Waals surface area contributed by atoms with Gasteiger partial charge in [-0.05, 0) is 17.6 Å². The Morgan fingerprint density at radius 3 is 3.00 bits per heavy atom. The van der Waals surface area contributed by atoms with Gasteiger partial charge in [-0.15, -0.1) is 6.42 Å². The van der Waals surface area contributed by atoms with Crippen molar-refractivity contribution in [1.29, 1.82) is 0 Å². The molecule has 0 unspecified atom stereocenters. The van der Waals surface area contributed by atoms with Crippen molar-refractivity contribution in [3.05, 3.63) is 23.9 Å². The highest BCUT2D eigenvalue weighted by molar-refractivity contribution is 5.92. The first-order chi connectivity index (χ1) is 6.22. The third kappa shape index (κ3) is 2.83. The normalized spacial score (nSPS) is 8.85. The van der Waals surface area contributed by atoms with Gasteiger partial charge in [0.1, 0.15) is 5.82 Å². The molecule has 1 heterocycles. The number of rotatable bonds is 2. The molecule has 4 heteroatoms. The molecule has 0 aliphatic carbocycles. The lowest BCUT2D eigenvalue weighted by atomic mass is 10.3. The number of hydrogen-bond acceptors (Lipinski definition) is 3. The van der Waals surface area contributed by atoms with Gasteiger partial charge in [0.25, 0.3) is 5.91 Å². The second-order valence-electron chi connectivity index (χ2n) is 2.42. The minimum Gasteiger partial charge on any atom is -0.384 e. The van der Waals surface area contributed by atoms with Crippen molar-refractivity contribution in [1.82, 2.24) is 10.3 Å². The number of nitrogens with two attached hydrogens (primary N) is 1. The van der Waals surface area contributed by atoms with E-state index in [0.717, 1.165) is 5.56 Å². The van der Waals surface area contributed by atoms with Gasteiger partial charge in [-0.3, -0.25) is 4.79 Å². The minimum absolute atomic E-state index is 0.371. The van der Waals surface area contributed by atoms with Crippen molar-refractivity contribution in [2.75, 3.05) is 5.73 Å². The third-order valence-corrected chi connectivity index (χ3v) is 1.43. The fraction of sp³-hybridized carbons (Fsp3) is 0.111. The van der Waals surface area contributed by atoms with Crippen LogP contribution in [-0.4, -0.2) is 10.9 Å². The Labute approximate surface area is 76.2 Å². The van der Waals surface area contributed by atoms with Gasteiger partial charge in [0.2, 0.25) is 0 Å². The summed E-state index contributed by atoms with van der Waals surface area (Å²) in [5.74, 6) is 1.97. The van der Waals surface area contributed by atoms with E-state index < -0.39 is 5.91 Å². The molecule has 3 N–H and O–H groups in total. The number of nitrogen functional groups attached to an aromatic ring is 1. The van der Waals surface area contributed by atoms with Crippen LogP contribution >= 0.6 is 0 Å². The lowest BCUT2D eigenvalue weighted by molar-refractivity contribution is -0.115. The smallest absolute Gasteiger partial charge is 0.295 e. The molecule has 0 aromatic carbocycles. The van der Waals surface area contributed by atoms with Gasteiger partial charge >= 0.3 is 0 Å². The van der Waals surface area contributed by atoms with Crippen LogP contribution in [0.5, 0.6) is 0 Å². The maximum Gasteiger partial charge on any atom is 0.295 e. The van der Waals surface area contributed by atoms with Gasteiger partial charge in [0.15, 0.2) is 0 Å². The maximum absolute atomic E-state index is 10.7. The van der Waals surface area contributed by atoms with Crippen molar-refractivity contribution in [2.24, 2.45) is 0 Å². The zero-order valence-electron chi connectivity index (χ0n) is 6.95. The molecule has 0 saturated heterocycles. The lowest BCUT2D eigenvalue weighted by Crippen LogP contribution is -2.20. The fourth-order valence-electron chi connectivity index (χ4n) is 0.774. The van der Waals surface area contributed by atoms with Crippen LogP contribution in [0.25, 0.3) is 0 Å². The van der Waals surface area contributed by atoms with Crippen molar-refractivity contribution in [2.45, 2.75) is 6.54 Å². The lowest BCUT2D eigenvalue weighted by Gasteiger charge is -2.00. The summed E-state index contributed by atoms with van der Waals surface area (Å²) in [6.07, 6.45) is 6.45.